The minimum Gasteiger partial charge on any atom is -0.389 e. The molecule has 0 aliphatic heterocycles. The Hall–Kier alpha value is -1.80. The van der Waals surface area contributed by atoms with E-state index in [1.54, 1.807) is 0 Å². The Kier molecular flexibility index (Phi) is 5.19. The van der Waals surface area contributed by atoms with Crippen LogP contribution in [0.3, 0.4) is 0 Å². The number of unbranched alkanes of at least 4 members (excludes halogenated alkanes) is 1. The number of hydrogen-bond donors (Lipinski definition) is 1. The number of aliphatic hydroxyl groups excluding tert-OH is 1. The van der Waals surface area contributed by atoms with Crippen LogP contribution in [0.15, 0.2) is 54.6 Å². The molecule has 0 radical (unpaired) electrons. The van der Waals surface area contributed by atoms with E-state index >= 15 is 0 Å². The van der Waals surface area contributed by atoms with Crippen molar-refractivity contribution < 1.29 is 5.11 Å². The molecule has 0 fully saturated rings. The van der Waals surface area contributed by atoms with Gasteiger partial charge in [-0.15, -0.1) is 0 Å². The summed E-state index contributed by atoms with van der Waals surface area (Å²) in [7, 11) is 0. The molecule has 0 amide bonds. The summed E-state index contributed by atoms with van der Waals surface area (Å²) >= 11 is 0. The lowest BCUT2D eigenvalue weighted by Crippen LogP contribution is -2.20. The van der Waals surface area contributed by atoms with Gasteiger partial charge in [-0.05, 0) is 31.5 Å². The number of aliphatic hydroxyl groups is 1. The molecule has 2 aromatic rings. The van der Waals surface area contributed by atoms with Gasteiger partial charge in [0.1, 0.15) is 0 Å². The Morgan fingerprint density at radius 2 is 1.65 bits per heavy atom. The average molecular weight is 269 g/mol. The van der Waals surface area contributed by atoms with Crippen molar-refractivity contribution in [1.29, 1.82) is 0 Å². The highest BCUT2D eigenvalue weighted by Crippen LogP contribution is 2.32. The predicted molar refractivity (Wildman–Crippen MR) is 85.4 cm³/mol. The van der Waals surface area contributed by atoms with Gasteiger partial charge >= 0.3 is 0 Å². The highest BCUT2D eigenvalue weighted by Gasteiger charge is 2.14. The molecule has 0 heterocycles. The first-order chi connectivity index (χ1) is 9.74. The van der Waals surface area contributed by atoms with Crippen LogP contribution in [-0.2, 0) is 0 Å². The van der Waals surface area contributed by atoms with Crippen LogP contribution in [0.4, 0.5) is 11.4 Å². The van der Waals surface area contributed by atoms with Crippen LogP contribution in [-0.4, -0.2) is 11.7 Å². The molecule has 0 aliphatic rings. The van der Waals surface area contributed by atoms with Crippen LogP contribution in [0.1, 0.15) is 38.4 Å². The Labute approximate surface area is 121 Å². The van der Waals surface area contributed by atoms with Crippen LogP contribution in [0.25, 0.3) is 0 Å². The zero-order valence-corrected chi connectivity index (χ0v) is 12.3. The van der Waals surface area contributed by atoms with Crippen molar-refractivity contribution in [3.63, 3.8) is 0 Å². The minimum absolute atomic E-state index is 0.459. The van der Waals surface area contributed by atoms with E-state index < -0.39 is 6.10 Å². The van der Waals surface area contributed by atoms with Crippen LogP contribution in [0.5, 0.6) is 0 Å². The fourth-order valence-corrected chi connectivity index (χ4v) is 2.40. The van der Waals surface area contributed by atoms with Gasteiger partial charge in [0.05, 0.1) is 6.10 Å². The molecule has 2 rings (SSSR count). The van der Waals surface area contributed by atoms with Gasteiger partial charge in [0.2, 0.25) is 0 Å². The van der Waals surface area contributed by atoms with Crippen molar-refractivity contribution >= 4 is 11.4 Å². The molecule has 0 bridgehead atoms. The number of para-hydroxylation sites is 2. The third-order valence-electron chi connectivity index (χ3n) is 3.48. The fraction of sp³-hybridized carbons (Fsp3) is 0.333. The van der Waals surface area contributed by atoms with E-state index in [-0.39, 0.29) is 0 Å². The topological polar surface area (TPSA) is 23.5 Å². The molecule has 106 valence electrons. The summed E-state index contributed by atoms with van der Waals surface area (Å²) in [5.41, 5.74) is 3.25. The van der Waals surface area contributed by atoms with Gasteiger partial charge in [0.25, 0.3) is 0 Å². The molecule has 2 heteroatoms. The predicted octanol–water partition coefficient (Wildman–Crippen LogP) is 4.68. The molecule has 0 spiro atoms. The van der Waals surface area contributed by atoms with E-state index in [4.69, 9.17) is 0 Å². The maximum Gasteiger partial charge on any atom is 0.0782 e. The number of nitrogens with zero attached hydrogens (tertiary/aromatic N) is 1. The first-order valence-corrected chi connectivity index (χ1v) is 7.33. The molecule has 0 aromatic heterocycles. The molecule has 0 unspecified atom stereocenters. The largest absolute Gasteiger partial charge is 0.389 e. The molecular weight excluding hydrogens is 246 g/mol. The summed E-state index contributed by atoms with van der Waals surface area (Å²) in [5.74, 6) is 0. The number of hydrogen-bond acceptors (Lipinski definition) is 2. The summed E-state index contributed by atoms with van der Waals surface area (Å²) in [6.45, 7) is 4.98. The van der Waals surface area contributed by atoms with Gasteiger partial charge in [-0.3, -0.25) is 0 Å². The first kappa shape index (κ1) is 14.6. The van der Waals surface area contributed by atoms with E-state index in [0.29, 0.717) is 0 Å². The average Bonchev–Trinajstić information content (AvgIpc) is 2.49. The third kappa shape index (κ3) is 3.40. The minimum atomic E-state index is -0.459. The van der Waals surface area contributed by atoms with Gasteiger partial charge in [-0.2, -0.15) is 0 Å². The zero-order valence-electron chi connectivity index (χ0n) is 12.3. The maximum absolute atomic E-state index is 10.00. The second kappa shape index (κ2) is 7.11. The van der Waals surface area contributed by atoms with E-state index in [1.165, 1.54) is 5.69 Å². The van der Waals surface area contributed by atoms with E-state index in [0.717, 1.165) is 30.6 Å². The normalized spacial score (nSPS) is 12.2. The fourth-order valence-electron chi connectivity index (χ4n) is 2.40. The van der Waals surface area contributed by atoms with E-state index in [1.807, 2.05) is 31.2 Å². The molecule has 2 nitrogen and oxygen atoms in total. The molecule has 1 N–H and O–H groups in total. The number of anilines is 2. The van der Waals surface area contributed by atoms with Crippen LogP contribution < -0.4 is 4.90 Å². The summed E-state index contributed by atoms with van der Waals surface area (Å²) in [6.07, 6.45) is 1.82. The SMILES string of the molecule is CCCCN(c1ccccc1)c1ccccc1[C@H](C)O. The van der Waals surface area contributed by atoms with Crippen molar-refractivity contribution in [2.75, 3.05) is 11.4 Å². The third-order valence-corrected chi connectivity index (χ3v) is 3.48. The monoisotopic (exact) mass is 269 g/mol. The van der Waals surface area contributed by atoms with E-state index in [9.17, 15) is 5.11 Å². The molecule has 20 heavy (non-hydrogen) atoms. The van der Waals surface area contributed by atoms with Crippen molar-refractivity contribution in [2.24, 2.45) is 0 Å². The van der Waals surface area contributed by atoms with Crippen molar-refractivity contribution in [1.82, 2.24) is 0 Å². The van der Waals surface area contributed by atoms with E-state index in [2.05, 4.69) is 42.2 Å². The Morgan fingerprint density at radius 3 is 2.30 bits per heavy atom. The number of rotatable bonds is 6. The van der Waals surface area contributed by atoms with Crippen molar-refractivity contribution in [3.8, 4) is 0 Å². The van der Waals surface area contributed by atoms with Crippen molar-refractivity contribution in [2.45, 2.75) is 32.8 Å². The molecular formula is C18H23NO. The smallest absolute Gasteiger partial charge is 0.0782 e. The highest BCUT2D eigenvalue weighted by atomic mass is 16.3. The molecule has 0 aliphatic carbocycles. The lowest BCUT2D eigenvalue weighted by Gasteiger charge is -2.28. The highest BCUT2D eigenvalue weighted by molar-refractivity contribution is 5.66. The summed E-state index contributed by atoms with van der Waals surface area (Å²) in [5, 5.41) is 10.00. The second-order valence-corrected chi connectivity index (χ2v) is 5.08. The van der Waals surface area contributed by atoms with Gasteiger partial charge in [-0.1, -0.05) is 49.7 Å². The second-order valence-electron chi connectivity index (χ2n) is 5.08. The first-order valence-electron chi connectivity index (χ1n) is 7.33. The number of benzene rings is 2. The molecule has 0 saturated carbocycles. The van der Waals surface area contributed by atoms with Crippen LogP contribution in [0, 0.1) is 0 Å². The lowest BCUT2D eigenvalue weighted by molar-refractivity contribution is 0.199. The quantitative estimate of drug-likeness (QED) is 0.823. The Bertz CT molecular complexity index is 522. The Balaban J connectivity index is 2.41. The van der Waals surface area contributed by atoms with Gasteiger partial charge < -0.3 is 10.0 Å². The standard InChI is InChI=1S/C18H23NO/c1-3-4-14-19(16-10-6-5-7-11-16)18-13-9-8-12-17(18)15(2)20/h5-13,15,20H,3-4,14H2,1-2H3/t15-/m0/s1. The van der Waals surface area contributed by atoms with Crippen molar-refractivity contribution in [3.05, 3.63) is 60.2 Å². The Morgan fingerprint density at radius 1 is 1.00 bits per heavy atom. The summed E-state index contributed by atoms with van der Waals surface area (Å²) < 4.78 is 0. The lowest BCUT2D eigenvalue weighted by atomic mass is 10.1. The zero-order chi connectivity index (χ0) is 14.4. The molecule has 1 atom stereocenters. The summed E-state index contributed by atoms with van der Waals surface area (Å²) in [4.78, 5) is 2.30. The van der Waals surface area contributed by atoms with Gasteiger partial charge in [0, 0.05) is 23.5 Å². The molecule has 0 saturated heterocycles. The summed E-state index contributed by atoms with van der Waals surface area (Å²) in [6, 6.07) is 18.5. The molecule has 2 aromatic carbocycles. The van der Waals surface area contributed by atoms with Gasteiger partial charge in [0.15, 0.2) is 0 Å². The van der Waals surface area contributed by atoms with Crippen LogP contribution in [0.2, 0.25) is 0 Å². The van der Waals surface area contributed by atoms with Crippen LogP contribution >= 0.6 is 0 Å². The van der Waals surface area contributed by atoms with Gasteiger partial charge in [-0.25, -0.2) is 0 Å². The maximum atomic E-state index is 10.00.